The summed E-state index contributed by atoms with van der Waals surface area (Å²) in [6.45, 7) is 1.96. The van der Waals surface area contributed by atoms with Crippen molar-refractivity contribution in [3.63, 3.8) is 0 Å². The molecule has 0 amide bonds. The molecule has 4 bridgehead atoms. The van der Waals surface area contributed by atoms with Gasteiger partial charge in [0.1, 0.15) is 0 Å². The van der Waals surface area contributed by atoms with E-state index in [9.17, 15) is 0 Å². The van der Waals surface area contributed by atoms with E-state index in [1.807, 2.05) is 11.1 Å². The van der Waals surface area contributed by atoms with Crippen molar-refractivity contribution in [2.75, 3.05) is 45.4 Å². The summed E-state index contributed by atoms with van der Waals surface area (Å²) in [7, 11) is 7.63. The average Bonchev–Trinajstić information content (AvgIpc) is 4.11. The Kier molecular flexibility index (Phi) is 2.53. The molecule has 2 aromatic carbocycles. The first-order chi connectivity index (χ1) is 23.9. The Bertz CT molecular complexity index is 2310. The number of piperazine rings is 2. The SMILES string of the molecule is PCC1([C]23[C]4(c5ccccc5)[C]5(c6ccccc6)[CH]6[C]2(C(P)(C2CNCCN2)C2CNCCN2)[Fe]65432789[CH]3[CH]2[CH]7[CH]8[CH]39)C2CC3CC(C2)CC1C3. The van der Waals surface area contributed by atoms with Crippen molar-refractivity contribution < 1.29 is 6.51 Å². The van der Waals surface area contributed by atoms with Crippen LogP contribution in [0.25, 0.3) is 0 Å². The summed E-state index contributed by atoms with van der Waals surface area (Å²) in [5, 5.41) is 17.0. The summed E-state index contributed by atoms with van der Waals surface area (Å²) >= 11 is 0. The Balaban J connectivity index is 1.09. The zero-order valence-electron chi connectivity index (χ0n) is 28.7. The van der Waals surface area contributed by atoms with E-state index < -0.39 is 6.51 Å². The molecule has 12 aliphatic heterocycles. The van der Waals surface area contributed by atoms with Crippen LogP contribution in [0.4, 0.5) is 0 Å². The molecule has 49 heavy (non-hydrogen) atoms. The van der Waals surface area contributed by atoms with Crippen molar-refractivity contribution in [3.05, 3.63) is 71.8 Å². The fourth-order valence-electron chi connectivity index (χ4n) is 30.7. The third-order valence-electron chi connectivity index (χ3n) is 27.0. The summed E-state index contributed by atoms with van der Waals surface area (Å²) in [5.41, 5.74) is 4.30. The van der Waals surface area contributed by atoms with Crippen LogP contribution in [-0.2, 0) is 15.1 Å². The second-order valence-corrected chi connectivity index (χ2v) is 46.4. The van der Waals surface area contributed by atoms with Gasteiger partial charge in [-0.1, -0.05) is 0 Å². The predicted octanol–water partition coefficient (Wildman–Crippen LogP) is 6.38. The van der Waals surface area contributed by atoms with E-state index in [4.69, 9.17) is 0 Å². The standard InChI is InChI=1S/C37H49N4P2.C5H5.Fe/c42-23-36(28-16-24-15-25(18-28)19-29(36)17-24)35-31(37(43,32-21-38-11-13-40-32)33-22-39-12-14-41-33)20-30(26-7-3-1-4-8-26)34(35)27-9-5-2-6-10-27;1-2-4-5-3-1;/h1-10,20,24-25,28-29,32-33,38-41H,11-19,21-23,42-43H2;1-5H;. The molecule has 9 atom stereocenters. The van der Waals surface area contributed by atoms with Crippen molar-refractivity contribution in [2.24, 2.45) is 29.1 Å². The molecule has 260 valence electrons. The molecular formula is C42H54FeN4P2. The monoisotopic (exact) mass is 732 g/mol. The molecule has 12 heterocycles. The van der Waals surface area contributed by atoms with Gasteiger partial charge in [-0.2, -0.15) is 0 Å². The van der Waals surface area contributed by atoms with E-state index in [-0.39, 0.29) is 5.16 Å². The van der Waals surface area contributed by atoms with Crippen molar-refractivity contribution >= 4 is 18.5 Å². The van der Waals surface area contributed by atoms with E-state index in [1.165, 1.54) is 6.16 Å². The number of rotatable bonds is 7. The topological polar surface area (TPSA) is 48.1 Å². The normalized spacial score (nSPS) is 74.4. The van der Waals surface area contributed by atoms with Gasteiger partial charge in [0.05, 0.1) is 0 Å². The molecule has 7 heteroatoms. The molecule has 0 aromatic heterocycles. The fraction of sp³-hybridized carbons (Fsp3) is 0.714. The zero-order valence-corrected chi connectivity index (χ0v) is 32.1. The van der Waals surface area contributed by atoms with Gasteiger partial charge in [-0.15, -0.1) is 0 Å². The molecule has 16 aliphatic rings. The Morgan fingerprint density at radius 3 is 1.63 bits per heavy atom. The van der Waals surface area contributed by atoms with Crippen molar-refractivity contribution in [2.45, 2.75) is 95.5 Å². The van der Waals surface area contributed by atoms with Crippen LogP contribution in [0.2, 0.25) is 37.5 Å². The van der Waals surface area contributed by atoms with Gasteiger partial charge in [0.15, 0.2) is 0 Å². The van der Waals surface area contributed by atoms with Gasteiger partial charge in [0.2, 0.25) is 0 Å². The first-order valence-electron chi connectivity index (χ1n) is 20.6. The third kappa shape index (κ3) is 0.751. The van der Waals surface area contributed by atoms with Crippen LogP contribution in [0.1, 0.15) is 43.2 Å². The minimum absolute atomic E-state index is 0.184. The molecular weight excluding hydrogens is 678 g/mol. The van der Waals surface area contributed by atoms with Gasteiger partial charge in [-0.05, 0) is 0 Å². The van der Waals surface area contributed by atoms with E-state index in [0.717, 1.165) is 91.8 Å². The van der Waals surface area contributed by atoms with Crippen LogP contribution in [0.15, 0.2) is 60.7 Å². The molecule has 18 rings (SSSR count). The van der Waals surface area contributed by atoms with Gasteiger partial charge in [0.25, 0.3) is 0 Å². The van der Waals surface area contributed by atoms with Crippen LogP contribution in [0.3, 0.4) is 0 Å². The van der Waals surface area contributed by atoms with Gasteiger partial charge in [-0.25, -0.2) is 0 Å². The van der Waals surface area contributed by atoms with Crippen LogP contribution in [0.5, 0.6) is 0 Å². The Hall–Kier alpha value is -0.341. The molecule has 4 saturated carbocycles. The number of nitrogens with one attached hydrogen (secondary N) is 4. The molecule has 0 radical (unpaired) electrons. The van der Waals surface area contributed by atoms with Crippen LogP contribution in [-0.4, -0.2) is 62.7 Å². The second kappa shape index (κ2) is 4.70. The molecule has 1 spiro atoms. The van der Waals surface area contributed by atoms with E-state index >= 15 is 0 Å². The summed E-state index contributed by atoms with van der Waals surface area (Å²) in [6.07, 6.45) is 9.27. The van der Waals surface area contributed by atoms with Crippen LogP contribution in [0, 0.1) is 29.1 Å². The Labute approximate surface area is 286 Å². The predicted molar refractivity (Wildman–Crippen MR) is 200 cm³/mol. The van der Waals surface area contributed by atoms with Crippen LogP contribution >= 0.6 is 18.5 Å². The Morgan fingerprint density at radius 2 is 1.18 bits per heavy atom. The van der Waals surface area contributed by atoms with Gasteiger partial charge < -0.3 is 0 Å². The van der Waals surface area contributed by atoms with Crippen molar-refractivity contribution in [1.82, 2.24) is 21.3 Å². The van der Waals surface area contributed by atoms with Gasteiger partial charge in [0, 0.05) is 0 Å². The van der Waals surface area contributed by atoms with E-state index in [1.54, 1.807) is 32.1 Å². The maximum absolute atomic E-state index is 4.83. The van der Waals surface area contributed by atoms with Crippen LogP contribution < -0.4 is 21.3 Å². The minimum atomic E-state index is -4.83. The number of benzene rings is 2. The van der Waals surface area contributed by atoms with Gasteiger partial charge >= 0.3 is 288 Å². The molecule has 16 fully saturated rings. The van der Waals surface area contributed by atoms with Crippen molar-refractivity contribution in [3.8, 4) is 0 Å². The van der Waals surface area contributed by atoms with Gasteiger partial charge in [-0.3, -0.25) is 0 Å². The molecule has 4 nitrogen and oxygen atoms in total. The maximum atomic E-state index is 4.38. The molecule has 2 aromatic rings. The number of hydrogen-bond acceptors (Lipinski definition) is 4. The van der Waals surface area contributed by atoms with E-state index in [0.29, 0.717) is 34.8 Å². The first-order valence-corrected chi connectivity index (χ1v) is 28.0. The third-order valence-corrected chi connectivity index (χ3v) is 73.2. The first kappa shape index (κ1) is 26.4. The summed E-state index contributed by atoms with van der Waals surface area (Å²) in [4.78, 5) is 6.84. The quantitative estimate of drug-likeness (QED) is 0.197. The fourth-order valence-corrected chi connectivity index (χ4v) is 118. The molecule has 9 unspecified atom stereocenters. The Morgan fingerprint density at radius 1 is 0.673 bits per heavy atom. The molecule has 12 saturated heterocycles. The molecule has 4 aliphatic carbocycles. The summed E-state index contributed by atoms with van der Waals surface area (Å²) in [5.74, 6) is 3.99. The van der Waals surface area contributed by atoms with E-state index in [2.05, 4.69) is 100 Å². The second-order valence-electron chi connectivity index (χ2n) is 22.5. The molecule has 4 N–H and O–H groups in total. The van der Waals surface area contributed by atoms with Crippen molar-refractivity contribution in [1.29, 1.82) is 0 Å². The number of fused-ring (bicyclic) bond motifs is 11. The average molecular weight is 733 g/mol. The zero-order chi connectivity index (χ0) is 31.8. The summed E-state index contributed by atoms with van der Waals surface area (Å²) in [6, 6.07) is 26.7. The summed E-state index contributed by atoms with van der Waals surface area (Å²) < 4.78 is 2.16. The number of hydrogen-bond donors (Lipinski definition) is 4.